The van der Waals surface area contributed by atoms with Crippen LogP contribution in [-0.2, 0) is 0 Å². The van der Waals surface area contributed by atoms with Crippen LogP contribution in [0.25, 0.3) is 0 Å². The van der Waals surface area contributed by atoms with Crippen LogP contribution in [0.2, 0.25) is 5.02 Å². The van der Waals surface area contributed by atoms with Crippen molar-refractivity contribution in [2.45, 2.75) is 13.0 Å². The molecule has 0 bridgehead atoms. The van der Waals surface area contributed by atoms with Gasteiger partial charge in [0.05, 0.1) is 11.7 Å². The van der Waals surface area contributed by atoms with Gasteiger partial charge in [-0.2, -0.15) is 0 Å². The van der Waals surface area contributed by atoms with Gasteiger partial charge in [0.2, 0.25) is 0 Å². The minimum Gasteiger partial charge on any atom is -0.377 e. The fraction of sp³-hybridized carbons (Fsp3) is 0.143. The van der Waals surface area contributed by atoms with Crippen molar-refractivity contribution in [3.05, 3.63) is 58.8 Å². The molecular formula is C14H10Br4ClN. The van der Waals surface area contributed by atoms with E-state index in [4.69, 9.17) is 11.6 Å². The van der Waals surface area contributed by atoms with Crippen molar-refractivity contribution in [2.24, 2.45) is 0 Å². The molecule has 2 aromatic carbocycles. The van der Waals surface area contributed by atoms with Gasteiger partial charge in [0.1, 0.15) is 0 Å². The lowest BCUT2D eigenvalue weighted by Crippen LogP contribution is -2.08. The number of rotatable bonds is 3. The zero-order valence-electron chi connectivity index (χ0n) is 10.4. The van der Waals surface area contributed by atoms with Crippen molar-refractivity contribution in [1.29, 1.82) is 0 Å². The molecule has 0 fully saturated rings. The Kier molecular flexibility index (Phi) is 6.00. The second kappa shape index (κ2) is 7.14. The smallest absolute Gasteiger partial charge is 0.0634 e. The Morgan fingerprint density at radius 2 is 1.55 bits per heavy atom. The van der Waals surface area contributed by atoms with Crippen LogP contribution >= 0.6 is 75.3 Å². The highest BCUT2D eigenvalue weighted by atomic mass is 79.9. The average molecular weight is 547 g/mol. The summed E-state index contributed by atoms with van der Waals surface area (Å²) in [5.41, 5.74) is 2.05. The highest BCUT2D eigenvalue weighted by Crippen LogP contribution is 2.37. The Labute approximate surface area is 157 Å². The summed E-state index contributed by atoms with van der Waals surface area (Å²) < 4.78 is 3.96. The third-order valence-electron chi connectivity index (χ3n) is 2.80. The Bertz CT molecular complexity index is 622. The predicted octanol–water partition coefficient (Wildman–Crippen LogP) is 7.56. The van der Waals surface area contributed by atoms with Crippen LogP contribution in [0.1, 0.15) is 18.5 Å². The van der Waals surface area contributed by atoms with E-state index in [-0.39, 0.29) is 6.04 Å². The van der Waals surface area contributed by atoms with Crippen LogP contribution in [0, 0.1) is 0 Å². The summed E-state index contributed by atoms with van der Waals surface area (Å²) in [7, 11) is 0. The van der Waals surface area contributed by atoms with Gasteiger partial charge in [0, 0.05) is 22.9 Å². The molecule has 6 heteroatoms. The van der Waals surface area contributed by atoms with Gasteiger partial charge in [-0.05, 0) is 68.6 Å². The molecule has 0 aliphatic heterocycles. The average Bonchev–Trinajstić information content (AvgIpc) is 2.33. The highest BCUT2D eigenvalue weighted by molar-refractivity contribution is 9.11. The van der Waals surface area contributed by atoms with Crippen LogP contribution in [0.3, 0.4) is 0 Å². The van der Waals surface area contributed by atoms with Crippen molar-refractivity contribution in [3.63, 3.8) is 0 Å². The third-order valence-corrected chi connectivity index (χ3v) is 5.33. The van der Waals surface area contributed by atoms with Crippen molar-refractivity contribution in [2.75, 3.05) is 5.32 Å². The Morgan fingerprint density at radius 3 is 2.10 bits per heavy atom. The van der Waals surface area contributed by atoms with E-state index in [1.807, 2.05) is 30.3 Å². The van der Waals surface area contributed by atoms with Crippen molar-refractivity contribution >= 4 is 81.0 Å². The van der Waals surface area contributed by atoms with E-state index >= 15 is 0 Å². The number of anilines is 1. The second-order valence-corrected chi connectivity index (χ2v) is 8.22. The molecule has 0 aromatic heterocycles. The first-order chi connectivity index (χ1) is 9.38. The van der Waals surface area contributed by atoms with E-state index in [2.05, 4.69) is 76.0 Å². The highest BCUT2D eigenvalue weighted by Gasteiger charge is 2.14. The van der Waals surface area contributed by atoms with Gasteiger partial charge in [-0.25, -0.2) is 0 Å². The molecule has 106 valence electrons. The molecular weight excluding hydrogens is 537 g/mol. The number of halogens is 5. The summed E-state index contributed by atoms with van der Waals surface area (Å²) >= 11 is 20.3. The largest absolute Gasteiger partial charge is 0.377 e. The molecule has 0 saturated heterocycles. The lowest BCUT2D eigenvalue weighted by atomic mass is 10.1. The molecule has 20 heavy (non-hydrogen) atoms. The maximum absolute atomic E-state index is 6.29. The molecule has 2 rings (SSSR count). The summed E-state index contributed by atoms with van der Waals surface area (Å²) in [5, 5.41) is 4.21. The van der Waals surface area contributed by atoms with Crippen molar-refractivity contribution < 1.29 is 0 Å². The topological polar surface area (TPSA) is 12.0 Å². The Balaban J connectivity index is 2.30. The van der Waals surface area contributed by atoms with Crippen LogP contribution < -0.4 is 5.32 Å². The van der Waals surface area contributed by atoms with E-state index in [1.54, 1.807) is 0 Å². The normalized spacial score (nSPS) is 12.3. The Morgan fingerprint density at radius 1 is 0.950 bits per heavy atom. The number of hydrogen-bond donors (Lipinski definition) is 1. The zero-order chi connectivity index (χ0) is 14.9. The predicted molar refractivity (Wildman–Crippen MR) is 101 cm³/mol. The third kappa shape index (κ3) is 4.01. The number of nitrogens with one attached hydrogen (secondary N) is 1. The molecule has 0 amide bonds. The number of hydrogen-bond acceptors (Lipinski definition) is 1. The molecule has 0 heterocycles. The minimum atomic E-state index is 0.0874. The molecule has 1 N–H and O–H groups in total. The van der Waals surface area contributed by atoms with E-state index in [9.17, 15) is 0 Å². The molecule has 0 aliphatic rings. The van der Waals surface area contributed by atoms with E-state index in [0.29, 0.717) is 0 Å². The first-order valence-electron chi connectivity index (χ1n) is 5.74. The molecule has 1 atom stereocenters. The van der Waals surface area contributed by atoms with Gasteiger partial charge in [0.25, 0.3) is 0 Å². The number of benzene rings is 2. The van der Waals surface area contributed by atoms with E-state index < -0.39 is 0 Å². The van der Waals surface area contributed by atoms with Crippen LogP contribution in [0.5, 0.6) is 0 Å². The molecule has 2 aromatic rings. The first-order valence-corrected chi connectivity index (χ1v) is 9.29. The standard InChI is InChI=1S/C14H10Br4ClN/c1-7(10-3-2-8(15)6-13(10)19)20-14-11(17)4-9(16)5-12(14)18/h2-7,20H,1H3. The van der Waals surface area contributed by atoms with Crippen LogP contribution in [-0.4, -0.2) is 0 Å². The fourth-order valence-electron chi connectivity index (χ4n) is 1.83. The van der Waals surface area contributed by atoms with Gasteiger partial charge in [-0.1, -0.05) is 49.5 Å². The van der Waals surface area contributed by atoms with Gasteiger partial charge < -0.3 is 5.32 Å². The van der Waals surface area contributed by atoms with Gasteiger partial charge in [-0.3, -0.25) is 0 Å². The van der Waals surface area contributed by atoms with Gasteiger partial charge in [-0.15, -0.1) is 0 Å². The summed E-state index contributed by atoms with van der Waals surface area (Å²) in [5.74, 6) is 0. The second-order valence-electron chi connectivity index (χ2n) is 4.28. The molecule has 0 radical (unpaired) electrons. The maximum atomic E-state index is 6.29. The zero-order valence-corrected chi connectivity index (χ0v) is 17.5. The molecule has 0 spiro atoms. The molecule has 1 unspecified atom stereocenters. The summed E-state index contributed by atoms with van der Waals surface area (Å²) in [6.07, 6.45) is 0. The molecule has 1 nitrogen and oxygen atoms in total. The van der Waals surface area contributed by atoms with Gasteiger partial charge >= 0.3 is 0 Å². The van der Waals surface area contributed by atoms with Crippen LogP contribution in [0.15, 0.2) is 48.2 Å². The quantitative estimate of drug-likeness (QED) is 0.418. The minimum absolute atomic E-state index is 0.0874. The van der Waals surface area contributed by atoms with Crippen molar-refractivity contribution in [3.8, 4) is 0 Å². The SMILES string of the molecule is CC(Nc1c(Br)cc(Br)cc1Br)c1ccc(Br)cc1Cl. The van der Waals surface area contributed by atoms with Crippen molar-refractivity contribution in [1.82, 2.24) is 0 Å². The monoisotopic (exact) mass is 543 g/mol. The van der Waals surface area contributed by atoms with E-state index in [1.165, 1.54) is 0 Å². The lowest BCUT2D eigenvalue weighted by molar-refractivity contribution is 0.882. The van der Waals surface area contributed by atoms with Crippen LogP contribution in [0.4, 0.5) is 5.69 Å². The van der Waals surface area contributed by atoms with Gasteiger partial charge in [0.15, 0.2) is 0 Å². The maximum Gasteiger partial charge on any atom is 0.0634 e. The summed E-state index contributed by atoms with van der Waals surface area (Å²) in [4.78, 5) is 0. The Hall–Kier alpha value is 0.450. The fourth-order valence-corrected chi connectivity index (χ4v) is 5.15. The van der Waals surface area contributed by atoms with E-state index in [0.717, 1.165) is 34.2 Å². The molecule has 0 aliphatic carbocycles. The summed E-state index contributed by atoms with van der Waals surface area (Å²) in [6.45, 7) is 2.08. The molecule has 0 saturated carbocycles. The lowest BCUT2D eigenvalue weighted by Gasteiger charge is -2.19. The summed E-state index contributed by atoms with van der Waals surface area (Å²) in [6, 6.07) is 10.0. The first kappa shape index (κ1) is 16.8.